The van der Waals surface area contributed by atoms with Crippen LogP contribution in [-0.2, 0) is 0 Å². The predicted octanol–water partition coefficient (Wildman–Crippen LogP) is 3.05. The molecular formula is C15H11N5OS. The molecule has 1 aromatic heterocycles. The van der Waals surface area contributed by atoms with Crippen LogP contribution in [0.4, 0.5) is 10.8 Å². The molecule has 0 saturated carbocycles. The predicted molar refractivity (Wildman–Crippen MR) is 84.2 cm³/mol. The van der Waals surface area contributed by atoms with E-state index in [4.69, 9.17) is 10.5 Å². The maximum atomic E-state index is 12.2. The van der Waals surface area contributed by atoms with Crippen LogP contribution in [-0.4, -0.2) is 10.9 Å². The van der Waals surface area contributed by atoms with Gasteiger partial charge in [0.15, 0.2) is 5.13 Å². The van der Waals surface area contributed by atoms with Crippen molar-refractivity contribution in [1.82, 2.24) is 4.98 Å². The molecule has 2 N–H and O–H groups in total. The second-order valence-corrected chi connectivity index (χ2v) is 5.09. The molecule has 1 aromatic carbocycles. The number of amides is 1. The Morgan fingerprint density at radius 1 is 1.36 bits per heavy atom. The SMILES string of the molecule is Cc1c(NC=C(C#N)C#N)cccc1C(=O)Nc1nccs1. The van der Waals surface area contributed by atoms with Crippen LogP contribution in [0.2, 0.25) is 0 Å². The number of hydrogen-bond donors (Lipinski definition) is 2. The van der Waals surface area contributed by atoms with Gasteiger partial charge in [0.05, 0.1) is 0 Å². The summed E-state index contributed by atoms with van der Waals surface area (Å²) in [6.07, 6.45) is 2.92. The Morgan fingerprint density at radius 2 is 2.14 bits per heavy atom. The highest BCUT2D eigenvalue weighted by Gasteiger charge is 2.12. The number of allylic oxidation sites excluding steroid dienone is 1. The Labute approximate surface area is 131 Å². The second-order valence-electron chi connectivity index (χ2n) is 4.20. The Hall–Kier alpha value is -3.16. The number of nitriles is 2. The Balaban J connectivity index is 2.23. The molecule has 0 spiro atoms. The van der Waals surface area contributed by atoms with Crippen LogP contribution in [0.3, 0.4) is 0 Å². The summed E-state index contributed by atoms with van der Waals surface area (Å²) < 4.78 is 0. The third-order valence-corrected chi connectivity index (χ3v) is 3.53. The number of nitrogens with zero attached hydrogens (tertiary/aromatic N) is 3. The molecule has 6 nitrogen and oxygen atoms in total. The first-order valence-electron chi connectivity index (χ1n) is 6.23. The summed E-state index contributed by atoms with van der Waals surface area (Å²) >= 11 is 1.34. The van der Waals surface area contributed by atoms with Crippen molar-refractivity contribution in [2.24, 2.45) is 0 Å². The molecular weight excluding hydrogens is 298 g/mol. The van der Waals surface area contributed by atoms with E-state index >= 15 is 0 Å². The Bertz CT molecular complexity index is 780. The van der Waals surface area contributed by atoms with E-state index in [1.165, 1.54) is 17.5 Å². The van der Waals surface area contributed by atoms with Crippen LogP contribution in [0.25, 0.3) is 0 Å². The van der Waals surface area contributed by atoms with Crippen LogP contribution < -0.4 is 10.6 Å². The van der Waals surface area contributed by atoms with Gasteiger partial charge in [-0.25, -0.2) is 4.98 Å². The molecule has 0 unspecified atom stereocenters. The van der Waals surface area contributed by atoms with E-state index in [1.807, 2.05) is 0 Å². The van der Waals surface area contributed by atoms with Gasteiger partial charge in [0.1, 0.15) is 17.7 Å². The number of thiazole rings is 1. The fourth-order valence-corrected chi connectivity index (χ4v) is 2.25. The monoisotopic (exact) mass is 309 g/mol. The Morgan fingerprint density at radius 3 is 2.77 bits per heavy atom. The van der Waals surface area contributed by atoms with Crippen LogP contribution in [0, 0.1) is 29.6 Å². The van der Waals surface area contributed by atoms with Crippen LogP contribution >= 0.6 is 11.3 Å². The molecule has 1 heterocycles. The van der Waals surface area contributed by atoms with Crippen LogP contribution in [0.5, 0.6) is 0 Å². The summed E-state index contributed by atoms with van der Waals surface area (Å²) in [6.45, 7) is 1.78. The first-order chi connectivity index (χ1) is 10.7. The van der Waals surface area contributed by atoms with E-state index in [9.17, 15) is 4.79 Å². The quantitative estimate of drug-likeness (QED) is 0.845. The van der Waals surface area contributed by atoms with E-state index in [0.29, 0.717) is 21.9 Å². The molecule has 1 amide bonds. The minimum absolute atomic E-state index is 0.0444. The lowest BCUT2D eigenvalue weighted by atomic mass is 10.1. The average Bonchev–Trinajstić information content (AvgIpc) is 3.02. The van der Waals surface area contributed by atoms with E-state index in [1.54, 1.807) is 48.8 Å². The zero-order valence-corrected chi connectivity index (χ0v) is 12.4. The number of nitrogens with one attached hydrogen (secondary N) is 2. The van der Waals surface area contributed by atoms with E-state index < -0.39 is 0 Å². The van der Waals surface area contributed by atoms with Gasteiger partial charge in [0.25, 0.3) is 5.91 Å². The number of hydrogen-bond acceptors (Lipinski definition) is 6. The van der Waals surface area contributed by atoms with Gasteiger partial charge in [-0.15, -0.1) is 11.3 Å². The van der Waals surface area contributed by atoms with Crippen molar-refractivity contribution in [3.8, 4) is 12.1 Å². The first-order valence-corrected chi connectivity index (χ1v) is 7.11. The van der Waals surface area contributed by atoms with Crippen molar-refractivity contribution in [3.63, 3.8) is 0 Å². The highest BCUT2D eigenvalue weighted by atomic mass is 32.1. The molecule has 0 aliphatic rings. The van der Waals surface area contributed by atoms with Gasteiger partial charge in [-0.05, 0) is 24.6 Å². The van der Waals surface area contributed by atoms with E-state index in [-0.39, 0.29) is 11.5 Å². The minimum Gasteiger partial charge on any atom is -0.360 e. The second kappa shape index (κ2) is 7.02. The van der Waals surface area contributed by atoms with Crippen molar-refractivity contribution in [2.45, 2.75) is 6.92 Å². The van der Waals surface area contributed by atoms with Crippen LogP contribution in [0.1, 0.15) is 15.9 Å². The topological polar surface area (TPSA) is 102 Å². The molecule has 0 bridgehead atoms. The van der Waals surface area contributed by atoms with E-state index in [0.717, 1.165) is 0 Å². The van der Waals surface area contributed by atoms with Crippen molar-refractivity contribution in [3.05, 3.63) is 52.7 Å². The number of anilines is 2. The highest BCUT2D eigenvalue weighted by molar-refractivity contribution is 7.13. The summed E-state index contributed by atoms with van der Waals surface area (Å²) in [4.78, 5) is 16.2. The lowest BCUT2D eigenvalue weighted by Gasteiger charge is -2.10. The minimum atomic E-state index is -0.263. The summed E-state index contributed by atoms with van der Waals surface area (Å²) in [7, 11) is 0. The third-order valence-electron chi connectivity index (χ3n) is 2.84. The molecule has 0 aliphatic carbocycles. The van der Waals surface area contributed by atoms with Gasteiger partial charge >= 0.3 is 0 Å². The lowest BCUT2D eigenvalue weighted by molar-refractivity contribution is 0.102. The largest absolute Gasteiger partial charge is 0.360 e. The smallest absolute Gasteiger partial charge is 0.257 e. The van der Waals surface area contributed by atoms with Gasteiger partial charge in [-0.3, -0.25) is 10.1 Å². The molecule has 22 heavy (non-hydrogen) atoms. The standard InChI is InChI=1S/C15H11N5OS/c1-10-12(14(21)20-15-18-5-6-22-15)3-2-4-13(10)19-9-11(7-16)8-17/h2-6,9,19H,1H3,(H,18,20,21). The normalized spacial score (nSPS) is 9.23. The molecule has 0 fully saturated rings. The number of carbonyl (C=O) groups excluding carboxylic acids is 1. The number of benzene rings is 1. The highest BCUT2D eigenvalue weighted by Crippen LogP contribution is 2.21. The summed E-state index contributed by atoms with van der Waals surface area (Å²) in [5, 5.41) is 25.3. The lowest BCUT2D eigenvalue weighted by Crippen LogP contribution is -2.13. The van der Waals surface area contributed by atoms with Crippen molar-refractivity contribution < 1.29 is 4.79 Å². The van der Waals surface area contributed by atoms with Gasteiger partial charge in [0, 0.05) is 29.0 Å². The Kier molecular flexibility index (Phi) is 4.86. The van der Waals surface area contributed by atoms with Gasteiger partial charge in [-0.2, -0.15) is 10.5 Å². The fourth-order valence-electron chi connectivity index (χ4n) is 1.73. The summed E-state index contributed by atoms with van der Waals surface area (Å²) in [6, 6.07) is 8.70. The molecule has 108 valence electrons. The molecule has 7 heteroatoms. The molecule has 0 saturated heterocycles. The maximum Gasteiger partial charge on any atom is 0.257 e. The molecule has 2 aromatic rings. The van der Waals surface area contributed by atoms with Gasteiger partial charge in [-0.1, -0.05) is 6.07 Å². The van der Waals surface area contributed by atoms with E-state index in [2.05, 4.69) is 15.6 Å². The van der Waals surface area contributed by atoms with Gasteiger partial charge in [0.2, 0.25) is 0 Å². The first kappa shape index (κ1) is 15.2. The molecule has 0 aliphatic heterocycles. The van der Waals surface area contributed by atoms with Crippen molar-refractivity contribution >= 4 is 28.1 Å². The summed E-state index contributed by atoms with van der Waals surface area (Å²) in [5.41, 5.74) is 1.80. The van der Waals surface area contributed by atoms with Crippen molar-refractivity contribution in [1.29, 1.82) is 10.5 Å². The number of rotatable bonds is 4. The third kappa shape index (κ3) is 3.48. The zero-order chi connectivity index (χ0) is 15.9. The fraction of sp³-hybridized carbons (Fsp3) is 0.0667. The van der Waals surface area contributed by atoms with Crippen LogP contribution in [0.15, 0.2) is 41.5 Å². The zero-order valence-electron chi connectivity index (χ0n) is 11.6. The maximum absolute atomic E-state index is 12.2. The van der Waals surface area contributed by atoms with Crippen molar-refractivity contribution in [2.75, 3.05) is 10.6 Å². The number of aromatic nitrogens is 1. The molecule has 0 radical (unpaired) electrons. The molecule has 0 atom stereocenters. The number of carbonyl (C=O) groups is 1. The van der Waals surface area contributed by atoms with Gasteiger partial charge < -0.3 is 5.32 Å². The average molecular weight is 309 g/mol. The summed E-state index contributed by atoms with van der Waals surface area (Å²) in [5.74, 6) is -0.263. The molecule has 2 rings (SSSR count).